The van der Waals surface area contributed by atoms with Gasteiger partial charge in [0.15, 0.2) is 0 Å². The van der Waals surface area contributed by atoms with Gasteiger partial charge in [-0.05, 0) is 43.3 Å². The van der Waals surface area contributed by atoms with E-state index in [0.717, 1.165) is 5.69 Å². The maximum absolute atomic E-state index is 12.3. The van der Waals surface area contributed by atoms with Gasteiger partial charge in [0, 0.05) is 22.9 Å². The SMILES string of the molecule is CCN(C(=O)CC(=O)Nc1ccc(Cl)cc1)c1ccccc1. The zero-order chi connectivity index (χ0) is 15.9. The molecular formula is C17H17ClN2O2. The number of hydrogen-bond acceptors (Lipinski definition) is 2. The highest BCUT2D eigenvalue weighted by Crippen LogP contribution is 2.16. The zero-order valence-electron chi connectivity index (χ0n) is 12.3. The normalized spacial score (nSPS) is 10.1. The Hall–Kier alpha value is -2.33. The van der Waals surface area contributed by atoms with Gasteiger partial charge in [-0.3, -0.25) is 9.59 Å². The molecule has 0 unspecified atom stereocenters. The number of hydrogen-bond donors (Lipinski definition) is 1. The summed E-state index contributed by atoms with van der Waals surface area (Å²) >= 11 is 5.79. The maximum atomic E-state index is 12.3. The number of carbonyl (C=O) groups is 2. The van der Waals surface area contributed by atoms with Crippen LogP contribution in [0.5, 0.6) is 0 Å². The summed E-state index contributed by atoms with van der Waals surface area (Å²) in [7, 11) is 0. The van der Waals surface area contributed by atoms with Crippen molar-refractivity contribution in [3.8, 4) is 0 Å². The van der Waals surface area contributed by atoms with E-state index in [0.29, 0.717) is 17.3 Å². The van der Waals surface area contributed by atoms with Crippen molar-refractivity contribution >= 4 is 34.8 Å². The van der Waals surface area contributed by atoms with Crippen molar-refractivity contribution < 1.29 is 9.59 Å². The van der Waals surface area contributed by atoms with E-state index in [9.17, 15) is 9.59 Å². The second-order valence-corrected chi connectivity index (χ2v) is 5.14. The standard InChI is InChI=1S/C17H17ClN2O2/c1-2-20(15-6-4-3-5-7-15)17(22)12-16(21)19-14-10-8-13(18)9-11-14/h3-11H,2,12H2,1H3,(H,19,21). The number of nitrogens with one attached hydrogen (secondary N) is 1. The molecule has 4 nitrogen and oxygen atoms in total. The first-order valence-electron chi connectivity index (χ1n) is 7.01. The molecule has 0 saturated carbocycles. The van der Waals surface area contributed by atoms with Crippen molar-refractivity contribution in [2.45, 2.75) is 13.3 Å². The number of amides is 2. The number of halogens is 1. The number of anilines is 2. The van der Waals surface area contributed by atoms with Crippen LogP contribution in [0.1, 0.15) is 13.3 Å². The van der Waals surface area contributed by atoms with Crippen LogP contribution >= 0.6 is 11.6 Å². The Labute approximate surface area is 134 Å². The van der Waals surface area contributed by atoms with Crippen molar-refractivity contribution in [3.05, 3.63) is 59.6 Å². The van der Waals surface area contributed by atoms with Gasteiger partial charge in [-0.15, -0.1) is 0 Å². The van der Waals surface area contributed by atoms with Crippen molar-refractivity contribution in [2.75, 3.05) is 16.8 Å². The fourth-order valence-electron chi connectivity index (χ4n) is 2.08. The molecule has 0 atom stereocenters. The first-order chi connectivity index (χ1) is 10.6. The number of para-hydroxylation sites is 1. The van der Waals surface area contributed by atoms with Crippen LogP contribution in [-0.2, 0) is 9.59 Å². The largest absolute Gasteiger partial charge is 0.326 e. The highest BCUT2D eigenvalue weighted by atomic mass is 35.5. The van der Waals surface area contributed by atoms with Crippen LogP contribution in [0.4, 0.5) is 11.4 Å². The van der Waals surface area contributed by atoms with E-state index >= 15 is 0 Å². The van der Waals surface area contributed by atoms with Gasteiger partial charge in [0.1, 0.15) is 6.42 Å². The van der Waals surface area contributed by atoms with Gasteiger partial charge < -0.3 is 10.2 Å². The molecule has 0 spiro atoms. The molecule has 0 saturated heterocycles. The molecular weight excluding hydrogens is 300 g/mol. The van der Waals surface area contributed by atoms with E-state index in [1.54, 1.807) is 29.2 Å². The minimum atomic E-state index is -0.346. The fourth-order valence-corrected chi connectivity index (χ4v) is 2.21. The van der Waals surface area contributed by atoms with Gasteiger partial charge >= 0.3 is 0 Å². The van der Waals surface area contributed by atoms with Crippen molar-refractivity contribution in [3.63, 3.8) is 0 Å². The Morgan fingerprint density at radius 3 is 2.27 bits per heavy atom. The number of carbonyl (C=O) groups excluding carboxylic acids is 2. The highest BCUT2D eigenvalue weighted by Gasteiger charge is 2.17. The van der Waals surface area contributed by atoms with Gasteiger partial charge in [0.25, 0.3) is 0 Å². The summed E-state index contributed by atoms with van der Waals surface area (Å²) in [5.41, 5.74) is 1.40. The molecule has 2 amide bonds. The monoisotopic (exact) mass is 316 g/mol. The Morgan fingerprint density at radius 2 is 1.68 bits per heavy atom. The highest BCUT2D eigenvalue weighted by molar-refractivity contribution is 6.30. The van der Waals surface area contributed by atoms with Crippen molar-refractivity contribution in [1.29, 1.82) is 0 Å². The lowest BCUT2D eigenvalue weighted by molar-refractivity contribution is -0.125. The lowest BCUT2D eigenvalue weighted by atomic mass is 10.2. The number of rotatable bonds is 5. The second kappa shape index (κ2) is 7.61. The Morgan fingerprint density at radius 1 is 1.05 bits per heavy atom. The molecule has 5 heteroatoms. The minimum Gasteiger partial charge on any atom is -0.326 e. The molecule has 0 bridgehead atoms. The molecule has 0 aliphatic carbocycles. The zero-order valence-corrected chi connectivity index (χ0v) is 13.0. The third-order valence-electron chi connectivity index (χ3n) is 3.12. The quantitative estimate of drug-likeness (QED) is 0.855. The van der Waals surface area contributed by atoms with Crippen LogP contribution < -0.4 is 10.2 Å². The summed E-state index contributed by atoms with van der Waals surface area (Å²) in [4.78, 5) is 25.8. The average molecular weight is 317 g/mol. The molecule has 114 valence electrons. The van der Waals surface area contributed by atoms with E-state index in [-0.39, 0.29) is 18.2 Å². The summed E-state index contributed by atoms with van der Waals surface area (Å²) in [6.45, 7) is 2.39. The van der Waals surface area contributed by atoms with E-state index in [1.807, 2.05) is 37.3 Å². The number of nitrogens with zero attached hydrogens (tertiary/aromatic N) is 1. The Balaban J connectivity index is 1.98. The minimum absolute atomic E-state index is 0.203. The van der Waals surface area contributed by atoms with Gasteiger partial charge in [0.05, 0.1) is 0 Å². The van der Waals surface area contributed by atoms with Gasteiger partial charge in [-0.2, -0.15) is 0 Å². The van der Waals surface area contributed by atoms with Crippen LogP contribution in [0.3, 0.4) is 0 Å². The fraction of sp³-hybridized carbons (Fsp3) is 0.176. The summed E-state index contributed by atoms with van der Waals surface area (Å²) < 4.78 is 0. The molecule has 2 aromatic carbocycles. The van der Waals surface area contributed by atoms with E-state index < -0.39 is 0 Å². The second-order valence-electron chi connectivity index (χ2n) is 4.71. The molecule has 0 radical (unpaired) electrons. The predicted molar refractivity (Wildman–Crippen MR) is 89.2 cm³/mol. The lowest BCUT2D eigenvalue weighted by Gasteiger charge is -2.20. The van der Waals surface area contributed by atoms with Gasteiger partial charge in [0.2, 0.25) is 11.8 Å². The molecule has 0 aliphatic heterocycles. The molecule has 1 N–H and O–H groups in total. The molecule has 2 rings (SSSR count). The van der Waals surface area contributed by atoms with Crippen LogP contribution in [0, 0.1) is 0 Å². The van der Waals surface area contributed by atoms with Crippen molar-refractivity contribution in [1.82, 2.24) is 0 Å². The molecule has 0 aliphatic rings. The van der Waals surface area contributed by atoms with Crippen LogP contribution in [0.25, 0.3) is 0 Å². The van der Waals surface area contributed by atoms with Gasteiger partial charge in [-0.1, -0.05) is 29.8 Å². The summed E-state index contributed by atoms with van der Waals surface area (Å²) in [6, 6.07) is 16.0. The molecule has 0 aromatic heterocycles. The first kappa shape index (κ1) is 16.0. The molecule has 0 fully saturated rings. The first-order valence-corrected chi connectivity index (χ1v) is 7.38. The summed E-state index contributed by atoms with van der Waals surface area (Å²) in [6.07, 6.45) is -0.203. The Bertz CT molecular complexity index is 641. The smallest absolute Gasteiger partial charge is 0.236 e. The predicted octanol–water partition coefficient (Wildman–Crippen LogP) is 3.72. The van der Waals surface area contributed by atoms with E-state index in [4.69, 9.17) is 11.6 Å². The van der Waals surface area contributed by atoms with Crippen molar-refractivity contribution in [2.24, 2.45) is 0 Å². The third-order valence-corrected chi connectivity index (χ3v) is 3.38. The summed E-state index contributed by atoms with van der Waals surface area (Å²) in [5, 5.41) is 3.28. The summed E-state index contributed by atoms with van der Waals surface area (Å²) in [5.74, 6) is -0.582. The third kappa shape index (κ3) is 4.33. The molecule has 2 aromatic rings. The lowest BCUT2D eigenvalue weighted by Crippen LogP contribution is -2.33. The van der Waals surface area contributed by atoms with Gasteiger partial charge in [-0.25, -0.2) is 0 Å². The molecule has 22 heavy (non-hydrogen) atoms. The topological polar surface area (TPSA) is 49.4 Å². The van der Waals surface area contributed by atoms with Crippen LogP contribution in [0.2, 0.25) is 5.02 Å². The van der Waals surface area contributed by atoms with Crippen LogP contribution in [-0.4, -0.2) is 18.4 Å². The molecule has 0 heterocycles. The van der Waals surface area contributed by atoms with E-state index in [2.05, 4.69) is 5.32 Å². The van der Waals surface area contributed by atoms with E-state index in [1.165, 1.54) is 0 Å². The Kier molecular flexibility index (Phi) is 5.55. The number of benzene rings is 2. The average Bonchev–Trinajstić information content (AvgIpc) is 2.51. The van der Waals surface area contributed by atoms with Crippen LogP contribution in [0.15, 0.2) is 54.6 Å². The maximum Gasteiger partial charge on any atom is 0.236 e.